The van der Waals surface area contributed by atoms with Gasteiger partial charge < -0.3 is 33.8 Å². The molecule has 17 nitrogen and oxygen atoms in total. The third kappa shape index (κ3) is 69.8. The minimum atomic E-state index is -4.96. The molecule has 4 unspecified atom stereocenters. The van der Waals surface area contributed by atoms with E-state index in [0.29, 0.717) is 31.6 Å². The molecule has 0 rings (SSSR count). The van der Waals surface area contributed by atoms with Crippen molar-refractivity contribution in [1.29, 1.82) is 0 Å². The van der Waals surface area contributed by atoms with Crippen LogP contribution in [0.4, 0.5) is 0 Å². The van der Waals surface area contributed by atoms with Gasteiger partial charge in [-0.3, -0.25) is 37.3 Å². The molecule has 98 heavy (non-hydrogen) atoms. The first-order valence-electron chi connectivity index (χ1n) is 40.9. The van der Waals surface area contributed by atoms with Gasteiger partial charge >= 0.3 is 39.5 Å². The highest BCUT2D eigenvalue weighted by molar-refractivity contribution is 7.47. The van der Waals surface area contributed by atoms with Crippen LogP contribution in [0, 0.1) is 17.8 Å². The van der Waals surface area contributed by atoms with Gasteiger partial charge in [0.15, 0.2) is 12.2 Å². The fourth-order valence-electron chi connectivity index (χ4n) is 12.1. The predicted molar refractivity (Wildman–Crippen MR) is 400 cm³/mol. The zero-order valence-electron chi connectivity index (χ0n) is 64.3. The van der Waals surface area contributed by atoms with E-state index >= 15 is 0 Å². The Balaban J connectivity index is 5.24. The van der Waals surface area contributed by atoms with Crippen LogP contribution in [0.1, 0.15) is 408 Å². The van der Waals surface area contributed by atoms with E-state index in [9.17, 15) is 43.2 Å². The lowest BCUT2D eigenvalue weighted by atomic mass is 9.99. The van der Waals surface area contributed by atoms with Crippen molar-refractivity contribution < 1.29 is 80.2 Å². The minimum absolute atomic E-state index is 0.105. The van der Waals surface area contributed by atoms with Crippen LogP contribution in [0.3, 0.4) is 0 Å². The highest BCUT2D eigenvalue weighted by Gasteiger charge is 2.30. The number of carbonyl (C=O) groups is 4. The number of phosphoric acid groups is 2. The van der Waals surface area contributed by atoms with Crippen LogP contribution < -0.4 is 0 Å². The summed E-state index contributed by atoms with van der Waals surface area (Å²) >= 11 is 0. The van der Waals surface area contributed by atoms with Crippen molar-refractivity contribution in [1.82, 2.24) is 0 Å². The first kappa shape index (κ1) is 96.1. The number of aliphatic hydroxyl groups is 1. The zero-order valence-corrected chi connectivity index (χ0v) is 66.0. The van der Waals surface area contributed by atoms with Crippen molar-refractivity contribution in [3.8, 4) is 0 Å². The zero-order chi connectivity index (χ0) is 72.3. The standard InChI is InChI=1S/C79H154O17P2/c1-8-11-12-13-14-15-16-17-18-19-20-21-22-23-24-25-33-40-48-55-62-78(83)95-74(66-89-76(81)60-53-46-39-32-28-26-30-37-44-51-58-71(6)9-2)68-93-97(85,86)91-64-73(80)65-92-98(87,88)94-69-75(67-90-77(82)61-54-47-42-35-36-43-50-57-70(4)5)96-79(84)63-56-49-41-34-29-27-31-38-45-52-59-72(7)10-3/h70-75,80H,8-69H2,1-7H3,(H,85,86)(H,87,88)/t71?,72?,73-,74-,75-/m1/s1. The molecule has 3 N–H and O–H groups in total. The van der Waals surface area contributed by atoms with Gasteiger partial charge in [0.05, 0.1) is 26.4 Å². The number of unbranched alkanes of at least 4 members (excludes halogenated alkanes) is 43. The van der Waals surface area contributed by atoms with Gasteiger partial charge in [-0.2, -0.15) is 0 Å². The summed E-state index contributed by atoms with van der Waals surface area (Å²) in [6.07, 6.45) is 56.9. The highest BCUT2D eigenvalue weighted by Crippen LogP contribution is 2.45. The second kappa shape index (κ2) is 69.4. The van der Waals surface area contributed by atoms with E-state index in [0.717, 1.165) is 108 Å². The Hall–Kier alpha value is -1.94. The molecule has 0 saturated carbocycles. The monoisotopic (exact) mass is 1440 g/mol. The van der Waals surface area contributed by atoms with Gasteiger partial charge in [0, 0.05) is 25.7 Å². The summed E-state index contributed by atoms with van der Waals surface area (Å²) in [5.74, 6) is 0.202. The Labute approximate surface area is 600 Å². The molecule has 0 saturated heterocycles. The number of aliphatic hydroxyl groups excluding tert-OH is 1. The van der Waals surface area contributed by atoms with Gasteiger partial charge in [-0.05, 0) is 43.4 Å². The second-order valence-electron chi connectivity index (χ2n) is 29.4. The van der Waals surface area contributed by atoms with E-state index in [1.807, 2.05) is 0 Å². The number of esters is 4. The maximum Gasteiger partial charge on any atom is 0.472 e. The molecule has 0 bridgehead atoms. The number of hydrogen-bond acceptors (Lipinski definition) is 15. The third-order valence-electron chi connectivity index (χ3n) is 19.1. The van der Waals surface area contributed by atoms with Gasteiger partial charge in [-0.15, -0.1) is 0 Å². The van der Waals surface area contributed by atoms with Crippen LogP contribution >= 0.6 is 15.6 Å². The number of ether oxygens (including phenoxy) is 4. The summed E-state index contributed by atoms with van der Waals surface area (Å²) in [4.78, 5) is 72.9. The molecule has 19 heteroatoms. The second-order valence-corrected chi connectivity index (χ2v) is 32.3. The minimum Gasteiger partial charge on any atom is -0.462 e. The third-order valence-corrected chi connectivity index (χ3v) is 21.0. The molecule has 0 aromatic rings. The largest absolute Gasteiger partial charge is 0.472 e. The molecule has 0 radical (unpaired) electrons. The van der Waals surface area contributed by atoms with Crippen LogP contribution in [0.5, 0.6) is 0 Å². The predicted octanol–water partition coefficient (Wildman–Crippen LogP) is 23.4. The molecule has 7 atom stereocenters. The van der Waals surface area contributed by atoms with Crippen LogP contribution in [0.15, 0.2) is 0 Å². The summed E-state index contributed by atoms with van der Waals surface area (Å²) in [6.45, 7) is 11.9. The molecular formula is C79H154O17P2. The molecule has 0 aromatic carbocycles. The fourth-order valence-corrected chi connectivity index (χ4v) is 13.6. The Morgan fingerprint density at radius 1 is 0.296 bits per heavy atom. The summed E-state index contributed by atoms with van der Waals surface area (Å²) in [7, 11) is -9.92. The van der Waals surface area contributed by atoms with Crippen molar-refractivity contribution >= 4 is 39.5 Å². The summed E-state index contributed by atoms with van der Waals surface area (Å²) in [6, 6.07) is 0. The SMILES string of the molecule is CCCCCCCCCCCCCCCCCCCCCCC(=O)O[C@H](COC(=O)CCCCCCCCCCCCC(C)CC)COP(=O)(O)OC[C@@H](O)COP(=O)(O)OC[C@@H](COC(=O)CCCCCCCCCC(C)C)OC(=O)CCCCCCCCCCCCC(C)CC. The molecule has 0 aliphatic carbocycles. The van der Waals surface area contributed by atoms with Gasteiger partial charge in [-0.1, -0.05) is 357 Å². The quantitative estimate of drug-likeness (QED) is 0.0222. The van der Waals surface area contributed by atoms with Crippen molar-refractivity contribution in [2.75, 3.05) is 39.6 Å². The number of hydrogen-bond donors (Lipinski definition) is 3. The smallest absolute Gasteiger partial charge is 0.462 e. The van der Waals surface area contributed by atoms with Crippen molar-refractivity contribution in [3.63, 3.8) is 0 Å². The van der Waals surface area contributed by atoms with Crippen LogP contribution in [0.2, 0.25) is 0 Å². The first-order chi connectivity index (χ1) is 47.3. The Kier molecular flexibility index (Phi) is 68.1. The van der Waals surface area contributed by atoms with E-state index in [-0.39, 0.29) is 25.7 Å². The Morgan fingerprint density at radius 2 is 0.520 bits per heavy atom. The lowest BCUT2D eigenvalue weighted by Gasteiger charge is -2.21. The molecule has 0 aromatic heterocycles. The molecule has 0 aliphatic heterocycles. The topological polar surface area (TPSA) is 237 Å². The fraction of sp³-hybridized carbons (Fsp3) is 0.949. The van der Waals surface area contributed by atoms with Gasteiger partial charge in [0.25, 0.3) is 0 Å². The van der Waals surface area contributed by atoms with Crippen molar-refractivity contribution in [2.45, 2.75) is 426 Å². The first-order valence-corrected chi connectivity index (χ1v) is 43.9. The van der Waals surface area contributed by atoms with Gasteiger partial charge in [0.2, 0.25) is 0 Å². The van der Waals surface area contributed by atoms with E-state index < -0.39 is 97.5 Å². The van der Waals surface area contributed by atoms with Crippen molar-refractivity contribution in [2.24, 2.45) is 17.8 Å². The average molecular weight is 1440 g/mol. The Bertz CT molecular complexity index is 1910. The number of carbonyl (C=O) groups excluding carboxylic acids is 4. The van der Waals surface area contributed by atoms with E-state index in [1.54, 1.807) is 0 Å². The van der Waals surface area contributed by atoms with E-state index in [2.05, 4.69) is 48.5 Å². The molecule has 0 aliphatic rings. The molecular weight excluding hydrogens is 1280 g/mol. The van der Waals surface area contributed by atoms with E-state index in [1.165, 1.54) is 212 Å². The molecule has 582 valence electrons. The maximum atomic E-state index is 13.1. The summed E-state index contributed by atoms with van der Waals surface area (Å²) in [5.41, 5.74) is 0. The molecule has 0 heterocycles. The van der Waals surface area contributed by atoms with Gasteiger partial charge in [0.1, 0.15) is 19.3 Å². The Morgan fingerprint density at radius 3 is 0.776 bits per heavy atom. The lowest BCUT2D eigenvalue weighted by Crippen LogP contribution is -2.30. The molecule has 0 spiro atoms. The normalized spacial score (nSPS) is 14.6. The van der Waals surface area contributed by atoms with Gasteiger partial charge in [-0.25, -0.2) is 9.13 Å². The molecule has 0 fully saturated rings. The maximum absolute atomic E-state index is 13.1. The summed E-state index contributed by atoms with van der Waals surface area (Å²) < 4.78 is 68.6. The highest BCUT2D eigenvalue weighted by atomic mass is 31.2. The van der Waals surface area contributed by atoms with Crippen LogP contribution in [-0.2, 0) is 65.4 Å². The number of rotatable bonds is 77. The van der Waals surface area contributed by atoms with Crippen LogP contribution in [-0.4, -0.2) is 96.7 Å². The van der Waals surface area contributed by atoms with Crippen molar-refractivity contribution in [3.05, 3.63) is 0 Å². The van der Waals surface area contributed by atoms with E-state index in [4.69, 9.17) is 37.0 Å². The number of phosphoric ester groups is 2. The lowest BCUT2D eigenvalue weighted by molar-refractivity contribution is -0.161. The average Bonchev–Trinajstić information content (AvgIpc) is 0.934. The summed E-state index contributed by atoms with van der Waals surface area (Å²) in [5, 5.41) is 10.6. The molecule has 0 amide bonds. The van der Waals surface area contributed by atoms with Crippen LogP contribution in [0.25, 0.3) is 0 Å².